The van der Waals surface area contributed by atoms with Crippen molar-refractivity contribution in [1.29, 1.82) is 0 Å². The van der Waals surface area contributed by atoms with E-state index >= 15 is 0 Å². The number of imide groups is 1. The number of hydrogen-bond acceptors (Lipinski definition) is 4. The smallest absolute Gasteiger partial charge is 0.326 e. The lowest BCUT2D eigenvalue weighted by Gasteiger charge is -2.25. The average Bonchev–Trinajstić information content (AvgIpc) is 2.89. The van der Waals surface area contributed by atoms with Crippen molar-refractivity contribution >= 4 is 24.4 Å². The number of likely N-dealkylation sites (N-methyl/N-ethyl adjacent to an activating group) is 1. The molecule has 3 amide bonds. The van der Waals surface area contributed by atoms with Crippen LogP contribution in [0.5, 0.6) is 0 Å². The molecule has 0 bridgehead atoms. The Balaban J connectivity index is 2.24. The van der Waals surface area contributed by atoms with Gasteiger partial charge in [-0.3, -0.25) is 14.7 Å². The number of rotatable bonds is 3. The van der Waals surface area contributed by atoms with Gasteiger partial charge in [-0.25, -0.2) is 4.79 Å². The molecule has 2 aliphatic rings. The third-order valence-electron chi connectivity index (χ3n) is 2.99. The first kappa shape index (κ1) is 11.5. The molecule has 0 aromatic carbocycles. The molecule has 0 N–H and O–H groups in total. The van der Waals surface area contributed by atoms with E-state index < -0.39 is 11.4 Å². The minimum atomic E-state index is -1.21. The molecule has 0 spiro atoms. The number of carbonyl (C=O) groups excluding carboxylic acids is 3. The number of urea groups is 1. The van der Waals surface area contributed by atoms with Crippen molar-refractivity contribution in [2.45, 2.75) is 12.0 Å². The Bertz CT molecular complexity index is 416. The maximum Gasteiger partial charge on any atom is 0.326 e. The second kappa shape index (κ2) is 4.12. The second-order valence-corrected chi connectivity index (χ2v) is 4.09. The molecule has 0 aliphatic carbocycles. The molecular weight excluding hydrogens is 222 g/mol. The van der Waals surface area contributed by atoms with Gasteiger partial charge in [-0.15, -0.1) is 0 Å². The molecule has 2 aliphatic heterocycles. The number of aldehydes is 1. The van der Waals surface area contributed by atoms with Crippen molar-refractivity contribution in [2.24, 2.45) is 4.99 Å². The summed E-state index contributed by atoms with van der Waals surface area (Å²) < 4.78 is 0. The zero-order valence-corrected chi connectivity index (χ0v) is 9.50. The van der Waals surface area contributed by atoms with Crippen LogP contribution in [0.3, 0.4) is 0 Å². The summed E-state index contributed by atoms with van der Waals surface area (Å²) in [6.07, 6.45) is 5.27. The zero-order valence-electron chi connectivity index (χ0n) is 9.50. The quantitative estimate of drug-likeness (QED) is 0.639. The average molecular weight is 235 g/mol. The lowest BCUT2D eigenvalue weighted by atomic mass is 9.96. The molecule has 2 rings (SSSR count). The highest BCUT2D eigenvalue weighted by atomic mass is 16.2. The topological polar surface area (TPSA) is 70.1 Å². The third kappa shape index (κ3) is 1.75. The lowest BCUT2D eigenvalue weighted by Crippen LogP contribution is -2.47. The van der Waals surface area contributed by atoms with E-state index in [0.29, 0.717) is 19.4 Å². The summed E-state index contributed by atoms with van der Waals surface area (Å²) in [5.41, 5.74) is -1.21. The van der Waals surface area contributed by atoms with Gasteiger partial charge in [-0.05, 0) is 12.2 Å². The fraction of sp³-hybridized carbons (Fsp3) is 0.455. The number of allylic oxidation sites excluding steroid dienone is 1. The molecule has 1 atom stereocenters. The Morgan fingerprint density at radius 2 is 2.35 bits per heavy atom. The highest BCUT2D eigenvalue weighted by Gasteiger charge is 2.44. The van der Waals surface area contributed by atoms with Gasteiger partial charge in [0.25, 0.3) is 5.91 Å². The van der Waals surface area contributed by atoms with E-state index in [1.807, 2.05) is 0 Å². The summed E-state index contributed by atoms with van der Waals surface area (Å²) in [5.74, 6) is -0.427. The van der Waals surface area contributed by atoms with Gasteiger partial charge in [0.15, 0.2) is 5.54 Å². The lowest BCUT2D eigenvalue weighted by molar-refractivity contribution is -0.132. The van der Waals surface area contributed by atoms with E-state index in [1.165, 1.54) is 11.1 Å². The van der Waals surface area contributed by atoms with Crippen LogP contribution in [0.15, 0.2) is 17.1 Å². The molecule has 6 nitrogen and oxygen atoms in total. The van der Waals surface area contributed by atoms with Crippen LogP contribution in [0.25, 0.3) is 0 Å². The molecule has 17 heavy (non-hydrogen) atoms. The summed E-state index contributed by atoms with van der Waals surface area (Å²) in [4.78, 5) is 41.3. The predicted octanol–water partition coefficient (Wildman–Crippen LogP) is -0.151. The maximum absolute atomic E-state index is 12.3. The van der Waals surface area contributed by atoms with Crippen LogP contribution in [0.4, 0.5) is 4.79 Å². The van der Waals surface area contributed by atoms with Gasteiger partial charge < -0.3 is 9.69 Å². The first-order chi connectivity index (χ1) is 8.10. The van der Waals surface area contributed by atoms with Crippen molar-refractivity contribution in [2.75, 3.05) is 20.1 Å². The first-order valence-electron chi connectivity index (χ1n) is 5.34. The van der Waals surface area contributed by atoms with Crippen LogP contribution >= 0.6 is 0 Å². The van der Waals surface area contributed by atoms with Gasteiger partial charge in [0.05, 0.1) is 0 Å². The molecular formula is C11H13N3O3. The van der Waals surface area contributed by atoms with E-state index in [4.69, 9.17) is 0 Å². The number of aliphatic imine (C=N–C) groups is 1. The van der Waals surface area contributed by atoms with Crippen LogP contribution < -0.4 is 0 Å². The molecule has 1 fully saturated rings. The summed E-state index contributed by atoms with van der Waals surface area (Å²) >= 11 is 0. The minimum absolute atomic E-state index is 0.0354. The van der Waals surface area contributed by atoms with Gasteiger partial charge in [-0.1, -0.05) is 0 Å². The van der Waals surface area contributed by atoms with Crippen molar-refractivity contribution in [1.82, 2.24) is 9.80 Å². The fourth-order valence-electron chi connectivity index (χ4n) is 1.95. The van der Waals surface area contributed by atoms with Gasteiger partial charge in [-0.2, -0.15) is 0 Å². The molecule has 0 aromatic heterocycles. The Morgan fingerprint density at radius 1 is 1.59 bits per heavy atom. The normalized spacial score (nSPS) is 27.0. The van der Waals surface area contributed by atoms with E-state index in [0.717, 1.165) is 4.90 Å². The third-order valence-corrected chi connectivity index (χ3v) is 2.99. The van der Waals surface area contributed by atoms with Gasteiger partial charge >= 0.3 is 6.03 Å². The molecule has 0 radical (unpaired) electrons. The van der Waals surface area contributed by atoms with Crippen molar-refractivity contribution in [3.8, 4) is 0 Å². The molecule has 1 saturated heterocycles. The predicted molar refractivity (Wildman–Crippen MR) is 60.8 cm³/mol. The summed E-state index contributed by atoms with van der Waals surface area (Å²) in [5, 5.41) is 0. The summed E-state index contributed by atoms with van der Waals surface area (Å²) in [6, 6.07) is -0.337. The maximum atomic E-state index is 12.3. The second-order valence-electron chi connectivity index (χ2n) is 4.09. The number of amides is 3. The Hall–Kier alpha value is -1.98. The molecule has 2 heterocycles. The molecule has 0 aromatic rings. The van der Waals surface area contributed by atoms with Crippen LogP contribution in [0.2, 0.25) is 0 Å². The molecule has 90 valence electrons. The SMILES string of the molecule is CN1CCN(C(=O)C2(CC=O)C=CC=N2)C1=O. The minimum Gasteiger partial charge on any atom is -0.326 e. The number of nitrogens with zero attached hydrogens (tertiary/aromatic N) is 3. The van der Waals surface area contributed by atoms with E-state index in [-0.39, 0.29) is 12.5 Å². The van der Waals surface area contributed by atoms with Gasteiger partial charge in [0, 0.05) is 32.8 Å². The highest BCUT2D eigenvalue weighted by molar-refractivity contribution is 6.04. The number of carbonyl (C=O) groups is 3. The molecule has 1 unspecified atom stereocenters. The van der Waals surface area contributed by atoms with Crippen molar-refractivity contribution < 1.29 is 14.4 Å². The highest BCUT2D eigenvalue weighted by Crippen LogP contribution is 2.25. The van der Waals surface area contributed by atoms with E-state index in [9.17, 15) is 14.4 Å². The van der Waals surface area contributed by atoms with Crippen molar-refractivity contribution in [3.63, 3.8) is 0 Å². The summed E-state index contributed by atoms with van der Waals surface area (Å²) in [7, 11) is 1.63. The van der Waals surface area contributed by atoms with Gasteiger partial charge in [0.1, 0.15) is 6.29 Å². The van der Waals surface area contributed by atoms with Crippen LogP contribution in [0.1, 0.15) is 6.42 Å². The Labute approximate surface area is 98.6 Å². The molecule has 6 heteroatoms. The molecule has 0 saturated carbocycles. The summed E-state index contributed by atoms with van der Waals surface area (Å²) in [6.45, 7) is 0.854. The van der Waals surface area contributed by atoms with Crippen LogP contribution in [0, 0.1) is 0 Å². The van der Waals surface area contributed by atoms with E-state index in [1.54, 1.807) is 19.2 Å². The monoisotopic (exact) mass is 235 g/mol. The first-order valence-corrected chi connectivity index (χ1v) is 5.34. The largest absolute Gasteiger partial charge is 0.326 e. The Kier molecular flexibility index (Phi) is 2.79. The van der Waals surface area contributed by atoms with Crippen LogP contribution in [-0.4, -0.2) is 59.9 Å². The van der Waals surface area contributed by atoms with E-state index in [2.05, 4.69) is 4.99 Å². The fourth-order valence-corrected chi connectivity index (χ4v) is 1.95. The zero-order chi connectivity index (χ0) is 12.5. The standard InChI is InChI=1S/C11H13N3O3/c1-13-6-7-14(10(13)17)9(16)11(4-8-15)3-2-5-12-11/h2-3,5,8H,4,6-7H2,1H3. The number of hydrogen-bond donors (Lipinski definition) is 0. The Morgan fingerprint density at radius 3 is 2.82 bits per heavy atom. The van der Waals surface area contributed by atoms with Crippen molar-refractivity contribution in [3.05, 3.63) is 12.2 Å². The van der Waals surface area contributed by atoms with Gasteiger partial charge in [0.2, 0.25) is 0 Å². The van der Waals surface area contributed by atoms with Crippen LogP contribution in [-0.2, 0) is 9.59 Å².